The van der Waals surface area contributed by atoms with Gasteiger partial charge in [0.1, 0.15) is 23.0 Å². The monoisotopic (exact) mass is 660 g/mol. The lowest BCUT2D eigenvalue weighted by atomic mass is 9.75. The minimum atomic E-state index is -0.272. The molecular weight excluding hydrogens is 610 g/mol. The van der Waals surface area contributed by atoms with Gasteiger partial charge in [0.2, 0.25) is 0 Å². The molecule has 0 N–H and O–H groups in total. The first-order chi connectivity index (χ1) is 21.4. The molecule has 2 aromatic carbocycles. The quantitative estimate of drug-likeness (QED) is 0.167. The zero-order chi connectivity index (χ0) is 33.9. The highest BCUT2D eigenvalue weighted by Crippen LogP contribution is 2.51. The van der Waals surface area contributed by atoms with Gasteiger partial charge < -0.3 is 18.1 Å². The van der Waals surface area contributed by atoms with E-state index >= 15 is 0 Å². The molecule has 246 valence electrons. The van der Waals surface area contributed by atoms with E-state index in [9.17, 15) is 0 Å². The molecule has 6 nitrogen and oxygen atoms in total. The maximum absolute atomic E-state index is 6.69. The summed E-state index contributed by atoms with van der Waals surface area (Å²) in [6.07, 6.45) is 6.85. The van der Waals surface area contributed by atoms with Crippen LogP contribution in [0.5, 0.6) is 23.0 Å². The number of rotatable bonds is 9. The van der Waals surface area contributed by atoms with Gasteiger partial charge in [-0.1, -0.05) is 95.2 Å². The van der Waals surface area contributed by atoms with E-state index in [0.717, 1.165) is 33.8 Å². The van der Waals surface area contributed by atoms with E-state index in [4.69, 9.17) is 18.1 Å². The molecule has 2 aromatic heterocycles. The molecule has 0 aliphatic carbocycles. The van der Waals surface area contributed by atoms with E-state index in [1.54, 1.807) is 24.8 Å². The van der Waals surface area contributed by atoms with Crippen LogP contribution in [0.15, 0.2) is 73.3 Å². The predicted octanol–water partition coefficient (Wildman–Crippen LogP) is 11.3. The summed E-state index contributed by atoms with van der Waals surface area (Å²) in [6, 6.07) is 16.6. The average molecular weight is 661 g/mol. The number of nitrogens with zero attached hydrogens (tertiary/aromatic N) is 2. The van der Waals surface area contributed by atoms with Crippen molar-refractivity contribution in [2.24, 2.45) is 0 Å². The van der Waals surface area contributed by atoms with Gasteiger partial charge in [0.15, 0.2) is 0 Å². The van der Waals surface area contributed by atoms with Crippen molar-refractivity contribution in [1.29, 1.82) is 0 Å². The molecule has 0 fully saturated rings. The van der Waals surface area contributed by atoms with Crippen molar-refractivity contribution < 1.29 is 18.1 Å². The highest BCUT2D eigenvalue weighted by molar-refractivity contribution is 7.27. The Morgan fingerprint density at radius 2 is 0.848 bits per heavy atom. The molecule has 4 aromatic rings. The fourth-order valence-electron chi connectivity index (χ4n) is 4.89. The van der Waals surface area contributed by atoms with Crippen LogP contribution >= 0.6 is 18.1 Å². The molecule has 0 saturated heterocycles. The molecule has 2 unspecified atom stereocenters. The van der Waals surface area contributed by atoms with Crippen molar-refractivity contribution in [3.05, 3.63) is 95.6 Å². The minimum Gasteiger partial charge on any atom is -0.440 e. The summed E-state index contributed by atoms with van der Waals surface area (Å²) < 4.78 is 25.5. The Labute approximate surface area is 280 Å². The SMILES string of the molecule is CC(C)(C)c1cc(-c2cc(C(C)(C)C)cc(C(C)(C)C)c2OPOc2cccnc2)c(OPOc2cccnc2)c(C(C)(C)C)c1. The zero-order valence-corrected chi connectivity index (χ0v) is 31.5. The van der Waals surface area contributed by atoms with Crippen LogP contribution in [-0.2, 0) is 21.7 Å². The first-order valence-electron chi connectivity index (χ1n) is 15.7. The van der Waals surface area contributed by atoms with Gasteiger partial charge in [-0.3, -0.25) is 9.97 Å². The maximum Gasteiger partial charge on any atom is 0.275 e. The molecule has 4 rings (SSSR count). The predicted molar refractivity (Wildman–Crippen MR) is 194 cm³/mol. The normalized spacial score (nSPS) is 13.0. The van der Waals surface area contributed by atoms with Gasteiger partial charge in [0.05, 0.1) is 12.4 Å². The molecule has 0 bridgehead atoms. The first-order valence-corrected chi connectivity index (χ1v) is 17.3. The third-order valence-corrected chi connectivity index (χ3v) is 8.90. The average Bonchev–Trinajstić information content (AvgIpc) is 2.96. The van der Waals surface area contributed by atoms with E-state index in [1.807, 2.05) is 24.3 Å². The fourth-order valence-corrected chi connectivity index (χ4v) is 6.02. The van der Waals surface area contributed by atoms with E-state index in [2.05, 4.69) is 117 Å². The summed E-state index contributed by atoms with van der Waals surface area (Å²) in [7, 11) is -0.544. The van der Waals surface area contributed by atoms with Crippen LogP contribution in [0, 0.1) is 0 Å². The van der Waals surface area contributed by atoms with Crippen LogP contribution in [0.3, 0.4) is 0 Å². The minimum absolute atomic E-state index is 0.109. The van der Waals surface area contributed by atoms with Crippen LogP contribution in [-0.4, -0.2) is 9.97 Å². The van der Waals surface area contributed by atoms with Crippen LogP contribution in [0.4, 0.5) is 0 Å². The summed E-state index contributed by atoms with van der Waals surface area (Å²) >= 11 is 0. The Hall–Kier alpha value is -3.20. The largest absolute Gasteiger partial charge is 0.440 e. The number of benzene rings is 2. The van der Waals surface area contributed by atoms with Gasteiger partial charge >= 0.3 is 0 Å². The Morgan fingerprint density at radius 1 is 0.478 bits per heavy atom. The Balaban J connectivity index is 1.99. The van der Waals surface area contributed by atoms with Gasteiger partial charge in [0.25, 0.3) is 18.1 Å². The number of hydrogen-bond donors (Lipinski definition) is 0. The molecule has 0 spiro atoms. The van der Waals surface area contributed by atoms with Crippen LogP contribution < -0.4 is 18.1 Å². The molecule has 8 heteroatoms. The summed E-state index contributed by atoms with van der Waals surface area (Å²) in [6.45, 7) is 26.8. The maximum atomic E-state index is 6.69. The highest BCUT2D eigenvalue weighted by Gasteiger charge is 2.32. The van der Waals surface area contributed by atoms with Crippen LogP contribution in [0.2, 0.25) is 0 Å². The van der Waals surface area contributed by atoms with Crippen molar-refractivity contribution in [3.63, 3.8) is 0 Å². The molecule has 0 aliphatic heterocycles. The van der Waals surface area contributed by atoms with Gasteiger partial charge in [-0.2, -0.15) is 0 Å². The first kappa shape index (κ1) is 35.7. The van der Waals surface area contributed by atoms with Gasteiger partial charge in [-0.05, 0) is 69.2 Å². The Morgan fingerprint density at radius 3 is 1.13 bits per heavy atom. The Kier molecular flexibility index (Phi) is 10.8. The van der Waals surface area contributed by atoms with E-state index < -0.39 is 0 Å². The fraction of sp³-hybridized carbons (Fsp3) is 0.421. The van der Waals surface area contributed by atoms with Gasteiger partial charge in [0, 0.05) is 34.6 Å². The molecule has 46 heavy (non-hydrogen) atoms. The summed E-state index contributed by atoms with van der Waals surface area (Å²) in [4.78, 5) is 8.38. The number of hydrogen-bond acceptors (Lipinski definition) is 6. The van der Waals surface area contributed by atoms with Crippen LogP contribution in [0.1, 0.15) is 105 Å². The standard InChI is InChI=1S/C38H50N2O4P2/c1-35(2,3)25-19-29(33(31(21-25)37(7,8)9)43-45-41-27-15-13-17-39-23-27)30-20-26(36(4,5)6)22-32(38(10,11)12)34(30)44-46-42-28-16-14-18-40-24-28/h13-24,45-46H,1-12H3. The molecule has 0 aliphatic rings. The number of pyridine rings is 2. The van der Waals surface area contributed by atoms with Gasteiger partial charge in [-0.15, -0.1) is 0 Å². The lowest BCUT2D eigenvalue weighted by Gasteiger charge is -2.32. The molecule has 0 amide bonds. The summed E-state index contributed by atoms with van der Waals surface area (Å²) in [5.41, 5.74) is 5.94. The van der Waals surface area contributed by atoms with E-state index in [1.165, 1.54) is 11.1 Å². The molecular formula is C38H50N2O4P2. The lowest BCUT2D eigenvalue weighted by molar-refractivity contribution is 0.484. The smallest absolute Gasteiger partial charge is 0.275 e. The van der Waals surface area contributed by atoms with Crippen molar-refractivity contribution in [2.45, 2.75) is 105 Å². The van der Waals surface area contributed by atoms with Gasteiger partial charge in [-0.25, -0.2) is 0 Å². The molecule has 0 radical (unpaired) electrons. The summed E-state index contributed by atoms with van der Waals surface area (Å²) in [5.74, 6) is 2.90. The van der Waals surface area contributed by atoms with Crippen molar-refractivity contribution in [2.75, 3.05) is 0 Å². The molecule has 2 heterocycles. The third-order valence-electron chi connectivity index (χ3n) is 7.69. The topological polar surface area (TPSA) is 62.7 Å². The van der Waals surface area contributed by atoms with E-state index in [0.29, 0.717) is 11.5 Å². The highest BCUT2D eigenvalue weighted by atomic mass is 31.1. The second-order valence-electron chi connectivity index (χ2n) is 15.8. The molecule has 2 atom stereocenters. The van der Waals surface area contributed by atoms with E-state index in [-0.39, 0.29) is 39.7 Å². The molecule has 0 saturated carbocycles. The second-order valence-corrected chi connectivity index (χ2v) is 16.9. The zero-order valence-electron chi connectivity index (χ0n) is 29.5. The Bertz CT molecular complexity index is 1490. The lowest BCUT2D eigenvalue weighted by Crippen LogP contribution is -2.19. The van der Waals surface area contributed by atoms with Crippen molar-refractivity contribution >= 4 is 18.1 Å². The van der Waals surface area contributed by atoms with Crippen molar-refractivity contribution in [3.8, 4) is 34.1 Å². The number of aromatic nitrogens is 2. The third kappa shape index (κ3) is 8.99. The summed E-state index contributed by atoms with van der Waals surface area (Å²) in [5, 5.41) is 0. The second kappa shape index (κ2) is 13.9. The van der Waals surface area contributed by atoms with Crippen LogP contribution in [0.25, 0.3) is 11.1 Å². The van der Waals surface area contributed by atoms with Crippen molar-refractivity contribution in [1.82, 2.24) is 9.97 Å².